The van der Waals surface area contributed by atoms with Gasteiger partial charge in [0, 0.05) is 37.9 Å². The number of hydrogen-bond acceptors (Lipinski definition) is 7. The van der Waals surface area contributed by atoms with E-state index in [0.717, 1.165) is 16.7 Å². The van der Waals surface area contributed by atoms with Crippen LogP contribution in [0.2, 0.25) is 0 Å². The van der Waals surface area contributed by atoms with E-state index in [9.17, 15) is 14.7 Å². The molecule has 1 saturated heterocycles. The smallest absolute Gasteiger partial charge is 0.354 e. The summed E-state index contributed by atoms with van der Waals surface area (Å²) in [5.74, 6) is -4.46. The first-order chi connectivity index (χ1) is 21.5. The van der Waals surface area contributed by atoms with Gasteiger partial charge in [-0.05, 0) is 56.0 Å². The van der Waals surface area contributed by atoms with Crippen LogP contribution < -0.4 is 15.9 Å². The van der Waals surface area contributed by atoms with Crippen molar-refractivity contribution in [2.45, 2.75) is 52.1 Å². The van der Waals surface area contributed by atoms with Crippen LogP contribution in [0, 0.1) is 24.4 Å². The molecule has 2 aromatic carbocycles. The number of fused-ring (bicyclic) bond motifs is 2. The Morgan fingerprint density at radius 2 is 1.91 bits per heavy atom. The number of carbonyl (C=O) groups is 1. The number of carbonyl (C=O) groups excluding carboxylic acids is 1. The average Bonchev–Trinajstić information content (AvgIpc) is 2.99. The fraction of sp³-hybridized carbons (Fsp3) is 0.333. The third-order valence-electron chi connectivity index (χ3n) is 8.71. The number of phenolic OH excluding ortho intramolecular Hbond substituents is 1. The van der Waals surface area contributed by atoms with Crippen molar-refractivity contribution in [1.29, 1.82) is 0 Å². The molecule has 0 radical (unpaired) electrons. The number of nitrogens with one attached hydrogen (secondary N) is 1. The van der Waals surface area contributed by atoms with Gasteiger partial charge in [0.15, 0.2) is 11.6 Å². The molecular weight excluding hydrogens is 585 g/mol. The number of anilines is 2. The van der Waals surface area contributed by atoms with E-state index >= 15 is 13.2 Å². The Bertz CT molecular complexity index is 1920. The van der Waals surface area contributed by atoms with Crippen molar-refractivity contribution in [2.75, 3.05) is 29.9 Å². The summed E-state index contributed by atoms with van der Waals surface area (Å²) in [4.78, 5) is 39.3. The monoisotopic (exact) mass is 618 g/mol. The molecule has 2 aliphatic heterocycles. The maximum absolute atomic E-state index is 17.2. The first-order valence-corrected chi connectivity index (χ1v) is 14.8. The van der Waals surface area contributed by atoms with Crippen LogP contribution in [0.25, 0.3) is 27.7 Å². The lowest BCUT2D eigenvalue weighted by Gasteiger charge is -2.46. The van der Waals surface area contributed by atoms with Crippen molar-refractivity contribution >= 4 is 28.3 Å². The Morgan fingerprint density at radius 3 is 2.60 bits per heavy atom. The first-order valence-electron chi connectivity index (χ1n) is 14.8. The molecule has 1 fully saturated rings. The van der Waals surface area contributed by atoms with Gasteiger partial charge in [-0.1, -0.05) is 26.5 Å². The predicted molar refractivity (Wildman–Crippen MR) is 167 cm³/mol. The molecule has 12 heteroatoms. The summed E-state index contributed by atoms with van der Waals surface area (Å²) in [7, 11) is 0. The largest absolute Gasteiger partial charge is 0.507 e. The number of rotatable bonds is 4. The lowest BCUT2D eigenvalue weighted by Crippen LogP contribution is -2.60. The number of phenols is 1. The minimum Gasteiger partial charge on any atom is -0.507 e. The number of halogens is 3. The van der Waals surface area contributed by atoms with E-state index in [1.165, 1.54) is 12.1 Å². The van der Waals surface area contributed by atoms with Crippen LogP contribution >= 0.6 is 0 Å². The molecule has 2 atom stereocenters. The lowest BCUT2D eigenvalue weighted by atomic mass is 9.95. The molecule has 0 spiro atoms. The highest BCUT2D eigenvalue weighted by atomic mass is 19.1. The molecule has 1 amide bonds. The number of pyridine rings is 1. The van der Waals surface area contributed by atoms with Crippen molar-refractivity contribution in [3.05, 3.63) is 82.3 Å². The van der Waals surface area contributed by atoms with Crippen LogP contribution in [-0.4, -0.2) is 62.2 Å². The number of amides is 1. The molecule has 2 unspecified atom stereocenters. The molecule has 2 N–H and O–H groups in total. The second kappa shape index (κ2) is 11.2. The molecule has 234 valence electrons. The second-order valence-electron chi connectivity index (χ2n) is 11.9. The number of nitrogens with zero attached hydrogens (tertiary/aromatic N) is 5. The van der Waals surface area contributed by atoms with Crippen LogP contribution in [0.3, 0.4) is 0 Å². The molecule has 2 aromatic heterocycles. The van der Waals surface area contributed by atoms with Crippen LogP contribution in [-0.2, 0) is 4.79 Å². The van der Waals surface area contributed by atoms with Crippen molar-refractivity contribution in [1.82, 2.24) is 19.4 Å². The third kappa shape index (κ3) is 4.70. The van der Waals surface area contributed by atoms with E-state index in [-0.39, 0.29) is 71.6 Å². The van der Waals surface area contributed by atoms with E-state index < -0.39 is 40.0 Å². The number of benzene rings is 2. The van der Waals surface area contributed by atoms with E-state index in [0.29, 0.717) is 17.7 Å². The quantitative estimate of drug-likeness (QED) is 0.295. The minimum atomic E-state index is -1.24. The van der Waals surface area contributed by atoms with Gasteiger partial charge in [0.25, 0.3) is 0 Å². The highest BCUT2D eigenvalue weighted by Gasteiger charge is 2.39. The Kier molecular flexibility index (Phi) is 7.54. The number of aryl methyl sites for hydroxylation is 1. The average molecular weight is 619 g/mol. The Hall–Kier alpha value is -4.87. The zero-order valence-electron chi connectivity index (χ0n) is 25.4. The summed E-state index contributed by atoms with van der Waals surface area (Å²) < 4.78 is 50.2. The normalized spacial score (nSPS) is 18.0. The molecule has 2 aliphatic rings. The van der Waals surface area contributed by atoms with Crippen molar-refractivity contribution in [2.24, 2.45) is 0 Å². The van der Waals surface area contributed by atoms with Crippen LogP contribution in [0.15, 0.2) is 47.9 Å². The third-order valence-corrected chi connectivity index (χ3v) is 8.71. The highest BCUT2D eigenvalue weighted by molar-refractivity contribution is 6.05. The van der Waals surface area contributed by atoms with Crippen LogP contribution in [0.1, 0.15) is 44.4 Å². The summed E-state index contributed by atoms with van der Waals surface area (Å²) in [6, 6.07) is 4.36. The first kappa shape index (κ1) is 30.2. The van der Waals surface area contributed by atoms with Crippen molar-refractivity contribution in [3.8, 4) is 22.6 Å². The molecule has 0 saturated carbocycles. The molecule has 0 bridgehead atoms. The summed E-state index contributed by atoms with van der Waals surface area (Å²) in [6.07, 6.45) is 3.24. The van der Waals surface area contributed by atoms with Gasteiger partial charge in [-0.25, -0.2) is 18.0 Å². The van der Waals surface area contributed by atoms with Crippen molar-refractivity contribution < 1.29 is 23.1 Å². The van der Waals surface area contributed by atoms with Gasteiger partial charge in [0.2, 0.25) is 5.91 Å². The molecule has 6 rings (SSSR count). The lowest BCUT2D eigenvalue weighted by molar-refractivity contribution is -0.128. The maximum atomic E-state index is 17.2. The summed E-state index contributed by atoms with van der Waals surface area (Å²) in [5, 5.41) is 13.7. The predicted octanol–water partition coefficient (Wildman–Crippen LogP) is 5.41. The van der Waals surface area contributed by atoms with Crippen LogP contribution in [0.5, 0.6) is 5.75 Å². The topological polar surface area (TPSA) is 104 Å². The molecular formula is C33H33F3N6O3. The molecule has 0 aliphatic carbocycles. The van der Waals surface area contributed by atoms with Gasteiger partial charge >= 0.3 is 5.69 Å². The van der Waals surface area contributed by atoms with Crippen molar-refractivity contribution in [3.63, 3.8) is 0 Å². The minimum absolute atomic E-state index is 0.0115. The van der Waals surface area contributed by atoms with Gasteiger partial charge in [-0.15, -0.1) is 0 Å². The van der Waals surface area contributed by atoms with E-state index in [1.807, 2.05) is 25.7 Å². The maximum Gasteiger partial charge on any atom is 0.354 e. The van der Waals surface area contributed by atoms with Gasteiger partial charge in [0.05, 0.1) is 33.6 Å². The highest BCUT2D eigenvalue weighted by Crippen LogP contribution is 2.46. The van der Waals surface area contributed by atoms with E-state index in [1.54, 1.807) is 24.1 Å². The van der Waals surface area contributed by atoms with Gasteiger partial charge in [-0.3, -0.25) is 14.3 Å². The Morgan fingerprint density at radius 1 is 1.16 bits per heavy atom. The summed E-state index contributed by atoms with van der Waals surface area (Å²) in [5.41, 5.74) is -1.47. The summed E-state index contributed by atoms with van der Waals surface area (Å²) in [6.45, 7) is 11.7. The number of piperazine rings is 1. The van der Waals surface area contributed by atoms with Gasteiger partial charge in [-0.2, -0.15) is 4.98 Å². The Balaban J connectivity index is 1.77. The van der Waals surface area contributed by atoms with Crippen LogP contribution in [0.4, 0.5) is 24.7 Å². The second-order valence-corrected chi connectivity index (χ2v) is 11.9. The number of aromatic hydroxyl groups is 1. The zero-order chi connectivity index (χ0) is 32.3. The standard InChI is InChI=1S/C33H33F3N6O3/c1-6-22(44)40-15-19-11-13-38-29-25-31(27(36)24(26(29)35)23-20(34)8-7-9-21(23)43)42(30-17(4)10-12-37-28(30)16(2)3)33(45)39-32(25)41(19)14-18(40)5/h6-10,12,16,18-19,38,43H,1,11,13-15H2,2-5H3. The molecule has 4 aromatic rings. The molecule has 9 nitrogen and oxygen atoms in total. The summed E-state index contributed by atoms with van der Waals surface area (Å²) >= 11 is 0. The Labute approximate surface area is 257 Å². The number of aromatic nitrogens is 3. The zero-order valence-corrected chi connectivity index (χ0v) is 25.4. The van der Waals surface area contributed by atoms with Gasteiger partial charge < -0.3 is 20.2 Å². The SMILES string of the molecule is C=CC(=O)N1CC2CCNc3c(F)c(-c4c(O)cccc4F)c(F)c4c3c(nc(=O)n4-c3c(C)ccnc3C(C)C)N2CC1C. The molecule has 45 heavy (non-hydrogen) atoms. The fourth-order valence-corrected chi connectivity index (χ4v) is 6.58. The van der Waals surface area contributed by atoms with Gasteiger partial charge in [0.1, 0.15) is 22.9 Å². The molecule has 4 heterocycles. The van der Waals surface area contributed by atoms with E-state index in [4.69, 9.17) is 0 Å². The fourth-order valence-electron chi connectivity index (χ4n) is 6.58. The number of hydrogen-bond donors (Lipinski definition) is 2. The van der Waals surface area contributed by atoms with E-state index in [2.05, 4.69) is 21.9 Å².